The van der Waals surface area contributed by atoms with Crippen LogP contribution >= 0.6 is 0 Å². The molecule has 0 aromatic heterocycles. The molecule has 4 heteroatoms. The van der Waals surface area contributed by atoms with E-state index in [4.69, 9.17) is 5.11 Å². The van der Waals surface area contributed by atoms with Gasteiger partial charge in [-0.3, -0.25) is 14.5 Å². The van der Waals surface area contributed by atoms with Crippen molar-refractivity contribution >= 4 is 17.8 Å². The van der Waals surface area contributed by atoms with Gasteiger partial charge in [-0.25, -0.2) is 0 Å². The van der Waals surface area contributed by atoms with Crippen LogP contribution in [-0.4, -0.2) is 40.9 Å². The van der Waals surface area contributed by atoms with Crippen LogP contribution < -0.4 is 0 Å². The number of hydrogen-bond acceptors (Lipinski definition) is 3. The number of carbonyl (C=O) groups excluding carboxylic acids is 1. The minimum absolute atomic E-state index is 0.0287. The van der Waals surface area contributed by atoms with Gasteiger partial charge in [0, 0.05) is 12.1 Å². The van der Waals surface area contributed by atoms with Crippen molar-refractivity contribution in [1.82, 2.24) is 4.90 Å². The second-order valence-electron chi connectivity index (χ2n) is 7.10. The molecule has 4 nitrogen and oxygen atoms in total. The molecule has 1 saturated heterocycles. The van der Waals surface area contributed by atoms with E-state index in [0.717, 1.165) is 41.6 Å². The number of likely N-dealkylation sites (tertiary alicyclic amines) is 1. The Labute approximate surface area is 160 Å². The molecular weight excluding hydrogens is 338 g/mol. The Bertz CT molecular complexity index is 839. The molecule has 1 aliphatic heterocycles. The summed E-state index contributed by atoms with van der Waals surface area (Å²) in [4.78, 5) is 25.9. The molecule has 0 radical (unpaired) electrons. The molecule has 2 aromatic carbocycles. The van der Waals surface area contributed by atoms with Crippen LogP contribution in [0, 0.1) is 6.92 Å². The summed E-state index contributed by atoms with van der Waals surface area (Å²) in [6.07, 6.45) is 6.01. The van der Waals surface area contributed by atoms with Gasteiger partial charge in [-0.2, -0.15) is 0 Å². The molecule has 0 bridgehead atoms. The Balaban J connectivity index is 1.63. The van der Waals surface area contributed by atoms with Crippen LogP contribution in [0.5, 0.6) is 0 Å². The van der Waals surface area contributed by atoms with E-state index in [1.54, 1.807) is 0 Å². The monoisotopic (exact) mass is 363 g/mol. The van der Waals surface area contributed by atoms with E-state index in [1.807, 2.05) is 61.5 Å². The molecule has 0 spiro atoms. The summed E-state index contributed by atoms with van der Waals surface area (Å²) in [7, 11) is 0. The molecule has 1 heterocycles. The minimum atomic E-state index is -0.828. The van der Waals surface area contributed by atoms with Crippen LogP contribution in [0.1, 0.15) is 39.9 Å². The van der Waals surface area contributed by atoms with E-state index >= 15 is 0 Å². The van der Waals surface area contributed by atoms with E-state index in [0.29, 0.717) is 6.54 Å². The fraction of sp³-hybridized carbons (Fsp3) is 0.304. The van der Waals surface area contributed by atoms with E-state index in [1.165, 1.54) is 0 Å². The number of aliphatic carboxylic acids is 1. The highest BCUT2D eigenvalue weighted by atomic mass is 16.4. The summed E-state index contributed by atoms with van der Waals surface area (Å²) in [6, 6.07) is 15.3. The summed E-state index contributed by atoms with van der Waals surface area (Å²) in [6.45, 7) is 3.66. The molecule has 27 heavy (non-hydrogen) atoms. The molecule has 1 N–H and O–H groups in total. The molecular formula is C23H25NO3. The van der Waals surface area contributed by atoms with Crippen LogP contribution in [-0.2, 0) is 11.2 Å². The zero-order valence-corrected chi connectivity index (χ0v) is 15.6. The molecule has 0 saturated carbocycles. The number of Topliss-reactive ketones (excluding diaryl/α,β-unsaturated/α-hetero) is 1. The molecule has 1 fully saturated rings. The lowest BCUT2D eigenvalue weighted by atomic mass is 10.0. The zero-order chi connectivity index (χ0) is 19.2. The Morgan fingerprint density at radius 2 is 1.96 bits per heavy atom. The van der Waals surface area contributed by atoms with Gasteiger partial charge in [-0.1, -0.05) is 66.2 Å². The summed E-state index contributed by atoms with van der Waals surface area (Å²) in [5, 5.41) is 8.91. The first-order valence-corrected chi connectivity index (χ1v) is 9.35. The number of ketones is 1. The first-order valence-electron chi connectivity index (χ1n) is 9.35. The molecule has 3 rings (SSSR count). The van der Waals surface area contributed by atoms with E-state index in [2.05, 4.69) is 11.0 Å². The SMILES string of the molecule is Cc1ccc(C(=O)C2CCCN2C/C=C/c2cccc(CC(=O)O)c2)cc1. The van der Waals surface area contributed by atoms with Gasteiger partial charge in [0.2, 0.25) is 0 Å². The highest BCUT2D eigenvalue weighted by Crippen LogP contribution is 2.21. The molecule has 1 atom stereocenters. The van der Waals surface area contributed by atoms with E-state index in [9.17, 15) is 9.59 Å². The Kier molecular flexibility index (Phi) is 6.20. The van der Waals surface area contributed by atoms with Crippen molar-refractivity contribution in [2.75, 3.05) is 13.1 Å². The number of rotatable bonds is 7. The van der Waals surface area contributed by atoms with Crippen molar-refractivity contribution in [3.8, 4) is 0 Å². The highest BCUT2D eigenvalue weighted by molar-refractivity contribution is 6.00. The quantitative estimate of drug-likeness (QED) is 0.756. The van der Waals surface area contributed by atoms with Gasteiger partial charge >= 0.3 is 5.97 Å². The lowest BCUT2D eigenvalue weighted by Gasteiger charge is -2.22. The number of carbonyl (C=O) groups is 2. The third-order valence-electron chi connectivity index (χ3n) is 4.96. The molecule has 1 unspecified atom stereocenters. The van der Waals surface area contributed by atoms with Crippen molar-refractivity contribution in [3.63, 3.8) is 0 Å². The third kappa shape index (κ3) is 5.14. The largest absolute Gasteiger partial charge is 0.481 e. The maximum Gasteiger partial charge on any atom is 0.307 e. The Hall–Kier alpha value is -2.72. The lowest BCUT2D eigenvalue weighted by Crippen LogP contribution is -2.36. The van der Waals surface area contributed by atoms with Gasteiger partial charge in [-0.15, -0.1) is 0 Å². The highest BCUT2D eigenvalue weighted by Gasteiger charge is 2.30. The second-order valence-corrected chi connectivity index (χ2v) is 7.10. The maximum atomic E-state index is 12.8. The lowest BCUT2D eigenvalue weighted by molar-refractivity contribution is -0.136. The predicted octanol–water partition coefficient (Wildman–Crippen LogP) is 3.98. The maximum absolute atomic E-state index is 12.8. The molecule has 2 aromatic rings. The molecule has 0 amide bonds. The number of nitrogens with zero attached hydrogens (tertiary/aromatic N) is 1. The number of hydrogen-bond donors (Lipinski definition) is 1. The second kappa shape index (κ2) is 8.78. The van der Waals surface area contributed by atoms with Crippen molar-refractivity contribution in [2.45, 2.75) is 32.2 Å². The number of aryl methyl sites for hydroxylation is 1. The van der Waals surface area contributed by atoms with Crippen LogP contribution in [0.4, 0.5) is 0 Å². The third-order valence-corrected chi connectivity index (χ3v) is 4.96. The summed E-state index contributed by atoms with van der Waals surface area (Å²) in [5.74, 6) is -0.630. The topological polar surface area (TPSA) is 57.6 Å². The van der Waals surface area contributed by atoms with Crippen molar-refractivity contribution in [2.24, 2.45) is 0 Å². The van der Waals surface area contributed by atoms with Gasteiger partial charge in [-0.05, 0) is 37.4 Å². The number of carboxylic acids is 1. The minimum Gasteiger partial charge on any atom is -0.481 e. The molecule has 0 aliphatic carbocycles. The average molecular weight is 363 g/mol. The van der Waals surface area contributed by atoms with Gasteiger partial charge < -0.3 is 5.11 Å². The van der Waals surface area contributed by atoms with Crippen molar-refractivity contribution in [1.29, 1.82) is 0 Å². The smallest absolute Gasteiger partial charge is 0.307 e. The summed E-state index contributed by atoms with van der Waals surface area (Å²) in [5.41, 5.74) is 3.71. The standard InChI is InChI=1S/C23H25NO3/c1-17-9-11-20(12-10-17)23(27)21-8-4-14-24(21)13-3-7-18-5-2-6-19(15-18)16-22(25)26/h2-3,5-7,9-12,15,21H,4,8,13-14,16H2,1H3,(H,25,26)/b7-3+. The van der Waals surface area contributed by atoms with Crippen molar-refractivity contribution < 1.29 is 14.7 Å². The van der Waals surface area contributed by atoms with Crippen LogP contribution in [0.25, 0.3) is 6.08 Å². The predicted molar refractivity (Wildman–Crippen MR) is 107 cm³/mol. The summed E-state index contributed by atoms with van der Waals surface area (Å²) >= 11 is 0. The number of carboxylic acid groups (broad SMARTS) is 1. The van der Waals surface area contributed by atoms with Gasteiger partial charge in [0.15, 0.2) is 5.78 Å². The normalized spacial score (nSPS) is 17.4. The van der Waals surface area contributed by atoms with E-state index in [-0.39, 0.29) is 18.2 Å². The molecule has 1 aliphatic rings. The van der Waals surface area contributed by atoms with Crippen LogP contribution in [0.15, 0.2) is 54.6 Å². The Morgan fingerprint density at radius 1 is 1.19 bits per heavy atom. The van der Waals surface area contributed by atoms with Crippen LogP contribution in [0.3, 0.4) is 0 Å². The van der Waals surface area contributed by atoms with Crippen molar-refractivity contribution in [3.05, 3.63) is 76.9 Å². The van der Waals surface area contributed by atoms with Gasteiger partial charge in [0.25, 0.3) is 0 Å². The van der Waals surface area contributed by atoms with Crippen LogP contribution in [0.2, 0.25) is 0 Å². The first-order chi connectivity index (χ1) is 13.0. The fourth-order valence-electron chi connectivity index (χ4n) is 3.56. The fourth-order valence-corrected chi connectivity index (χ4v) is 3.56. The molecule has 140 valence electrons. The first kappa shape index (κ1) is 19.1. The Morgan fingerprint density at radius 3 is 2.70 bits per heavy atom. The van der Waals surface area contributed by atoms with Gasteiger partial charge in [0.1, 0.15) is 0 Å². The number of benzene rings is 2. The van der Waals surface area contributed by atoms with Gasteiger partial charge in [0.05, 0.1) is 12.5 Å². The summed E-state index contributed by atoms with van der Waals surface area (Å²) < 4.78 is 0. The van der Waals surface area contributed by atoms with E-state index < -0.39 is 5.97 Å². The zero-order valence-electron chi connectivity index (χ0n) is 15.6. The average Bonchev–Trinajstić information content (AvgIpc) is 3.10.